The minimum Gasteiger partial charge on any atom is -0.484 e. The average Bonchev–Trinajstić information content (AvgIpc) is 2.62. The highest BCUT2D eigenvalue weighted by atomic mass is 35.5. The summed E-state index contributed by atoms with van der Waals surface area (Å²) in [6.07, 6.45) is 0. The van der Waals surface area contributed by atoms with Crippen LogP contribution in [-0.2, 0) is 4.79 Å². The Labute approximate surface area is 154 Å². The Hall–Kier alpha value is -2.20. The molecule has 1 aliphatic heterocycles. The number of hydrogen-bond acceptors (Lipinski definition) is 3. The highest BCUT2D eigenvalue weighted by Gasteiger charge is 2.21. The normalized spacial score (nSPS) is 14.5. The quantitative estimate of drug-likeness (QED) is 0.835. The molecule has 2 aromatic carbocycles. The summed E-state index contributed by atoms with van der Waals surface area (Å²) in [6.45, 7) is 7.18. The summed E-state index contributed by atoms with van der Waals surface area (Å²) < 4.78 is 5.66. The van der Waals surface area contributed by atoms with Gasteiger partial charge in [-0.2, -0.15) is 0 Å². The zero-order chi connectivity index (χ0) is 17.8. The van der Waals surface area contributed by atoms with Gasteiger partial charge in [0.1, 0.15) is 5.75 Å². The van der Waals surface area contributed by atoms with Gasteiger partial charge in [0.25, 0.3) is 5.91 Å². The first-order valence-electron chi connectivity index (χ1n) is 8.51. The van der Waals surface area contributed by atoms with Crippen LogP contribution >= 0.6 is 11.6 Å². The molecule has 0 saturated carbocycles. The van der Waals surface area contributed by atoms with Crippen molar-refractivity contribution in [2.45, 2.75) is 13.8 Å². The van der Waals surface area contributed by atoms with Crippen LogP contribution in [0.2, 0.25) is 5.02 Å². The summed E-state index contributed by atoms with van der Waals surface area (Å²) in [5, 5.41) is 0.734. The fourth-order valence-corrected chi connectivity index (χ4v) is 3.11. The van der Waals surface area contributed by atoms with E-state index < -0.39 is 0 Å². The molecule has 5 heteroatoms. The molecule has 1 fully saturated rings. The number of carbonyl (C=O) groups is 1. The van der Waals surface area contributed by atoms with E-state index in [0.717, 1.165) is 29.5 Å². The van der Waals surface area contributed by atoms with Crippen LogP contribution in [0.1, 0.15) is 11.1 Å². The van der Waals surface area contributed by atoms with Crippen molar-refractivity contribution in [2.75, 3.05) is 37.7 Å². The molecule has 0 unspecified atom stereocenters. The lowest BCUT2D eigenvalue weighted by atomic mass is 10.1. The molecule has 0 atom stereocenters. The minimum absolute atomic E-state index is 0.0315. The van der Waals surface area contributed by atoms with E-state index in [9.17, 15) is 4.79 Å². The van der Waals surface area contributed by atoms with Gasteiger partial charge in [-0.25, -0.2) is 0 Å². The lowest BCUT2D eigenvalue weighted by molar-refractivity contribution is -0.133. The second-order valence-corrected chi connectivity index (χ2v) is 6.82. The minimum atomic E-state index is 0.0315. The topological polar surface area (TPSA) is 32.8 Å². The van der Waals surface area contributed by atoms with E-state index in [4.69, 9.17) is 16.3 Å². The maximum atomic E-state index is 12.4. The molecular weight excluding hydrogens is 336 g/mol. The van der Waals surface area contributed by atoms with Crippen molar-refractivity contribution in [3.63, 3.8) is 0 Å². The number of rotatable bonds is 4. The van der Waals surface area contributed by atoms with E-state index in [1.54, 1.807) is 0 Å². The maximum absolute atomic E-state index is 12.4. The maximum Gasteiger partial charge on any atom is 0.260 e. The van der Waals surface area contributed by atoms with Crippen LogP contribution in [0.3, 0.4) is 0 Å². The van der Waals surface area contributed by atoms with Gasteiger partial charge in [-0.1, -0.05) is 23.7 Å². The third-order valence-corrected chi connectivity index (χ3v) is 4.88. The Bertz CT molecular complexity index is 755. The van der Waals surface area contributed by atoms with Gasteiger partial charge in [0, 0.05) is 36.9 Å². The van der Waals surface area contributed by atoms with Gasteiger partial charge in [-0.05, 0) is 55.3 Å². The lowest BCUT2D eigenvalue weighted by Gasteiger charge is -2.36. The molecule has 0 radical (unpaired) electrons. The van der Waals surface area contributed by atoms with Gasteiger partial charge in [-0.15, -0.1) is 0 Å². The van der Waals surface area contributed by atoms with E-state index in [-0.39, 0.29) is 12.5 Å². The second-order valence-electron chi connectivity index (χ2n) is 6.38. The summed E-state index contributed by atoms with van der Waals surface area (Å²) in [4.78, 5) is 16.5. The van der Waals surface area contributed by atoms with E-state index >= 15 is 0 Å². The molecular formula is C20H23ClN2O2. The van der Waals surface area contributed by atoms with Crippen LogP contribution in [0.5, 0.6) is 5.75 Å². The molecule has 4 nitrogen and oxygen atoms in total. The van der Waals surface area contributed by atoms with Crippen molar-refractivity contribution in [3.05, 3.63) is 58.6 Å². The number of amides is 1. The number of carbonyl (C=O) groups excluding carboxylic acids is 1. The first-order chi connectivity index (χ1) is 12.0. The largest absolute Gasteiger partial charge is 0.484 e. The third-order valence-electron chi connectivity index (χ3n) is 4.65. The molecule has 1 saturated heterocycles. The average molecular weight is 359 g/mol. The third kappa shape index (κ3) is 4.45. The van der Waals surface area contributed by atoms with Crippen molar-refractivity contribution in [1.29, 1.82) is 0 Å². The molecule has 1 aliphatic rings. The molecule has 2 aromatic rings. The van der Waals surface area contributed by atoms with Crippen molar-refractivity contribution in [2.24, 2.45) is 0 Å². The summed E-state index contributed by atoms with van der Waals surface area (Å²) in [7, 11) is 0. The lowest BCUT2D eigenvalue weighted by Crippen LogP contribution is -2.50. The number of anilines is 1. The number of nitrogens with zero attached hydrogens (tertiary/aromatic N) is 2. The molecule has 0 N–H and O–H groups in total. The number of hydrogen-bond donors (Lipinski definition) is 0. The Morgan fingerprint density at radius 3 is 2.48 bits per heavy atom. The number of piperazine rings is 1. The first-order valence-corrected chi connectivity index (χ1v) is 8.89. The van der Waals surface area contributed by atoms with Crippen molar-refractivity contribution < 1.29 is 9.53 Å². The Morgan fingerprint density at radius 2 is 1.80 bits per heavy atom. The van der Waals surface area contributed by atoms with Crippen LogP contribution in [-0.4, -0.2) is 43.6 Å². The predicted octanol–water partition coefficient (Wildman–Crippen LogP) is 3.68. The first kappa shape index (κ1) is 17.6. The van der Waals surface area contributed by atoms with E-state index in [1.807, 2.05) is 54.3 Å². The Balaban J connectivity index is 1.50. The predicted molar refractivity (Wildman–Crippen MR) is 102 cm³/mol. The standard InChI is InChI=1S/C20H23ClN2O2/c1-15-6-7-19(12-16(15)2)25-14-20(24)23-10-8-22(9-11-23)18-5-3-4-17(21)13-18/h3-7,12-13H,8-11,14H2,1-2H3. The smallest absolute Gasteiger partial charge is 0.260 e. The SMILES string of the molecule is Cc1ccc(OCC(=O)N2CCN(c3cccc(Cl)c3)CC2)cc1C. The van der Waals surface area contributed by atoms with Gasteiger partial charge in [0.05, 0.1) is 0 Å². The Morgan fingerprint density at radius 1 is 1.04 bits per heavy atom. The number of halogens is 1. The Kier molecular flexibility index (Phi) is 5.49. The van der Waals surface area contributed by atoms with Crippen LogP contribution in [0.15, 0.2) is 42.5 Å². The van der Waals surface area contributed by atoms with Gasteiger partial charge >= 0.3 is 0 Å². The van der Waals surface area contributed by atoms with Crippen molar-refractivity contribution in [1.82, 2.24) is 4.90 Å². The summed E-state index contributed by atoms with van der Waals surface area (Å²) in [6, 6.07) is 13.7. The molecule has 25 heavy (non-hydrogen) atoms. The zero-order valence-corrected chi connectivity index (χ0v) is 15.4. The fourth-order valence-electron chi connectivity index (χ4n) is 2.93. The van der Waals surface area contributed by atoms with E-state index in [0.29, 0.717) is 13.1 Å². The monoisotopic (exact) mass is 358 g/mol. The summed E-state index contributed by atoms with van der Waals surface area (Å²) in [5.41, 5.74) is 3.49. The molecule has 0 bridgehead atoms. The number of ether oxygens (including phenoxy) is 1. The molecule has 0 spiro atoms. The fraction of sp³-hybridized carbons (Fsp3) is 0.350. The van der Waals surface area contributed by atoms with Gasteiger partial charge in [0.15, 0.2) is 6.61 Å². The van der Waals surface area contributed by atoms with Crippen molar-refractivity contribution in [3.8, 4) is 5.75 Å². The molecule has 1 amide bonds. The highest BCUT2D eigenvalue weighted by Crippen LogP contribution is 2.21. The molecule has 1 heterocycles. The van der Waals surface area contributed by atoms with E-state index in [2.05, 4.69) is 11.8 Å². The van der Waals surface area contributed by atoms with Crippen LogP contribution in [0, 0.1) is 13.8 Å². The molecule has 132 valence electrons. The molecule has 0 aliphatic carbocycles. The van der Waals surface area contributed by atoms with Gasteiger partial charge < -0.3 is 14.5 Å². The molecule has 0 aromatic heterocycles. The van der Waals surface area contributed by atoms with E-state index in [1.165, 1.54) is 11.1 Å². The van der Waals surface area contributed by atoms with Crippen molar-refractivity contribution >= 4 is 23.2 Å². The highest BCUT2D eigenvalue weighted by molar-refractivity contribution is 6.30. The molecule has 3 rings (SSSR count). The van der Waals surface area contributed by atoms with Gasteiger partial charge in [0.2, 0.25) is 0 Å². The second kappa shape index (κ2) is 7.79. The summed E-state index contributed by atoms with van der Waals surface area (Å²) >= 11 is 6.06. The zero-order valence-electron chi connectivity index (χ0n) is 14.7. The number of aryl methyl sites for hydroxylation is 2. The van der Waals surface area contributed by atoms with Crippen LogP contribution in [0.25, 0.3) is 0 Å². The van der Waals surface area contributed by atoms with Crippen LogP contribution < -0.4 is 9.64 Å². The van der Waals surface area contributed by atoms with Crippen LogP contribution in [0.4, 0.5) is 5.69 Å². The number of benzene rings is 2. The van der Waals surface area contributed by atoms with Gasteiger partial charge in [-0.3, -0.25) is 4.79 Å². The summed E-state index contributed by atoms with van der Waals surface area (Å²) in [5.74, 6) is 0.776.